The molecule has 0 unspecified atom stereocenters. The highest BCUT2D eigenvalue weighted by Crippen LogP contribution is 2.32. The van der Waals surface area contributed by atoms with Crippen LogP contribution in [0.25, 0.3) is 0 Å². The summed E-state index contributed by atoms with van der Waals surface area (Å²) in [5.41, 5.74) is 1.06. The Morgan fingerprint density at radius 2 is 1.60 bits per heavy atom. The molecule has 3 aromatic rings. The van der Waals surface area contributed by atoms with Gasteiger partial charge in [0.25, 0.3) is 10.0 Å². The van der Waals surface area contributed by atoms with Crippen LogP contribution < -0.4 is 19.1 Å². The van der Waals surface area contributed by atoms with Crippen molar-refractivity contribution < 1.29 is 31.9 Å². The van der Waals surface area contributed by atoms with Crippen molar-refractivity contribution in [2.24, 2.45) is 0 Å². The number of carbonyl (C=O) groups excluding carboxylic acids is 2. The van der Waals surface area contributed by atoms with Crippen molar-refractivity contribution in [2.75, 3.05) is 38.2 Å². The number of halogens is 1. The molecule has 1 atom stereocenters. The fourth-order valence-corrected chi connectivity index (χ4v) is 6.07. The van der Waals surface area contributed by atoms with Gasteiger partial charge in [-0.25, -0.2) is 12.8 Å². The van der Waals surface area contributed by atoms with E-state index in [9.17, 15) is 22.4 Å². The number of amides is 2. The predicted molar refractivity (Wildman–Crippen MR) is 164 cm³/mol. The molecule has 0 bridgehead atoms. The lowest BCUT2D eigenvalue weighted by Crippen LogP contribution is -2.53. The van der Waals surface area contributed by atoms with Crippen LogP contribution >= 0.6 is 0 Å². The standard InChI is InChI=1S/C32H40FN3O6S/c1-5-7-20-34-32(38)28(6-2)35(21-19-24-11-9-8-10-12-24)31(37)23-36(26-15-13-25(33)14-16-26)43(39,40)27-17-18-29(41-3)30(22-27)42-4/h8-18,22,28H,5-7,19-21,23H2,1-4H3,(H,34,38)/t28-/m0/s1. The molecule has 2 amide bonds. The molecule has 3 rings (SSSR count). The monoisotopic (exact) mass is 613 g/mol. The van der Waals surface area contributed by atoms with Crippen LogP contribution in [0.1, 0.15) is 38.7 Å². The minimum atomic E-state index is -4.36. The van der Waals surface area contributed by atoms with Gasteiger partial charge >= 0.3 is 0 Å². The highest BCUT2D eigenvalue weighted by molar-refractivity contribution is 7.92. The van der Waals surface area contributed by atoms with Crippen molar-refractivity contribution in [3.63, 3.8) is 0 Å². The largest absolute Gasteiger partial charge is 0.493 e. The Kier molecular flexibility index (Phi) is 12.4. The van der Waals surface area contributed by atoms with Crippen molar-refractivity contribution in [1.82, 2.24) is 10.2 Å². The molecule has 0 aliphatic heterocycles. The van der Waals surface area contributed by atoms with Crippen molar-refractivity contribution in [2.45, 2.75) is 50.5 Å². The zero-order valence-corrected chi connectivity index (χ0v) is 25.9. The zero-order chi connectivity index (χ0) is 31.4. The second kappa shape index (κ2) is 15.9. The Morgan fingerprint density at radius 1 is 0.930 bits per heavy atom. The molecule has 43 heavy (non-hydrogen) atoms. The molecule has 0 aliphatic rings. The normalized spacial score (nSPS) is 11.8. The highest BCUT2D eigenvalue weighted by atomic mass is 32.2. The maximum Gasteiger partial charge on any atom is 0.264 e. The minimum Gasteiger partial charge on any atom is -0.493 e. The topological polar surface area (TPSA) is 105 Å². The summed E-state index contributed by atoms with van der Waals surface area (Å²) in [7, 11) is -1.55. The van der Waals surface area contributed by atoms with Gasteiger partial charge in [-0.05, 0) is 61.2 Å². The fourth-order valence-electron chi connectivity index (χ4n) is 4.64. The first kappa shape index (κ1) is 33.4. The summed E-state index contributed by atoms with van der Waals surface area (Å²) >= 11 is 0. The van der Waals surface area contributed by atoms with Gasteiger partial charge in [0, 0.05) is 19.2 Å². The summed E-state index contributed by atoms with van der Waals surface area (Å²) in [6.07, 6.45) is 2.48. The molecule has 0 fully saturated rings. The number of benzene rings is 3. The van der Waals surface area contributed by atoms with E-state index in [1.165, 1.54) is 49.5 Å². The first-order valence-corrected chi connectivity index (χ1v) is 15.7. The number of nitrogens with one attached hydrogen (secondary N) is 1. The Labute approximate surface area is 253 Å². The van der Waals surface area contributed by atoms with Crippen molar-refractivity contribution in [3.8, 4) is 11.5 Å². The smallest absolute Gasteiger partial charge is 0.264 e. The number of methoxy groups -OCH3 is 2. The molecule has 11 heteroatoms. The number of rotatable bonds is 16. The number of nitrogens with zero attached hydrogens (tertiary/aromatic N) is 2. The molecule has 0 saturated heterocycles. The molecular formula is C32H40FN3O6S. The Hall–Kier alpha value is -4.12. The van der Waals surface area contributed by atoms with Crippen molar-refractivity contribution >= 4 is 27.5 Å². The summed E-state index contributed by atoms with van der Waals surface area (Å²) in [6.45, 7) is 3.88. The Balaban J connectivity index is 2.02. The summed E-state index contributed by atoms with van der Waals surface area (Å²) in [5.74, 6) is -0.904. The lowest BCUT2D eigenvalue weighted by Gasteiger charge is -2.33. The molecule has 9 nitrogen and oxygen atoms in total. The third kappa shape index (κ3) is 8.70. The molecule has 0 aromatic heterocycles. The second-order valence-electron chi connectivity index (χ2n) is 9.90. The Morgan fingerprint density at radius 3 is 2.21 bits per heavy atom. The van der Waals surface area contributed by atoms with Gasteiger partial charge < -0.3 is 19.7 Å². The highest BCUT2D eigenvalue weighted by Gasteiger charge is 2.33. The molecule has 0 saturated carbocycles. The third-order valence-corrected chi connectivity index (χ3v) is 8.81. The predicted octanol–water partition coefficient (Wildman–Crippen LogP) is 4.80. The molecule has 0 aliphatic carbocycles. The summed E-state index contributed by atoms with van der Waals surface area (Å²) in [5, 5.41) is 2.91. The molecule has 0 radical (unpaired) electrons. The van der Waals surface area contributed by atoms with Gasteiger partial charge in [0.15, 0.2) is 11.5 Å². The first-order valence-electron chi connectivity index (χ1n) is 14.3. The number of anilines is 1. The maximum atomic E-state index is 14.1. The number of carbonyl (C=O) groups is 2. The van der Waals surface area contributed by atoms with E-state index in [2.05, 4.69) is 5.32 Å². The molecule has 0 heterocycles. The Bertz CT molecular complexity index is 1450. The molecular weight excluding hydrogens is 573 g/mol. The van der Waals surface area contributed by atoms with E-state index in [1.807, 2.05) is 44.2 Å². The van der Waals surface area contributed by atoms with Crippen LogP contribution in [0.4, 0.5) is 10.1 Å². The van der Waals surface area contributed by atoms with E-state index < -0.39 is 34.3 Å². The van der Waals surface area contributed by atoms with Crippen LogP contribution in [0.5, 0.6) is 11.5 Å². The summed E-state index contributed by atoms with van der Waals surface area (Å²) in [4.78, 5) is 28.6. The number of ether oxygens (including phenoxy) is 2. The van der Waals surface area contributed by atoms with E-state index in [0.29, 0.717) is 25.1 Å². The molecule has 0 spiro atoms. The van der Waals surface area contributed by atoms with Crippen LogP contribution in [0.3, 0.4) is 0 Å². The quantitative estimate of drug-likeness (QED) is 0.233. The third-order valence-electron chi connectivity index (χ3n) is 7.04. The number of hydrogen-bond acceptors (Lipinski definition) is 6. The van der Waals surface area contributed by atoms with Gasteiger partial charge in [0.1, 0.15) is 18.4 Å². The van der Waals surface area contributed by atoms with E-state index in [-0.39, 0.29) is 28.8 Å². The lowest BCUT2D eigenvalue weighted by molar-refractivity contribution is -0.139. The van der Waals surface area contributed by atoms with Gasteiger partial charge in [-0.2, -0.15) is 0 Å². The van der Waals surface area contributed by atoms with Gasteiger partial charge in [0.05, 0.1) is 24.8 Å². The second-order valence-corrected chi connectivity index (χ2v) is 11.8. The summed E-state index contributed by atoms with van der Waals surface area (Å²) in [6, 6.07) is 17.7. The van der Waals surface area contributed by atoms with E-state index in [1.54, 1.807) is 0 Å². The van der Waals surface area contributed by atoms with Crippen molar-refractivity contribution in [1.29, 1.82) is 0 Å². The van der Waals surface area contributed by atoms with Crippen LogP contribution in [-0.4, -0.2) is 65.0 Å². The van der Waals surface area contributed by atoms with Gasteiger partial charge in [-0.3, -0.25) is 13.9 Å². The molecule has 1 N–H and O–H groups in total. The van der Waals surface area contributed by atoms with Crippen molar-refractivity contribution in [3.05, 3.63) is 84.2 Å². The number of hydrogen-bond donors (Lipinski definition) is 1. The van der Waals surface area contributed by atoms with Crippen LogP contribution in [0, 0.1) is 5.82 Å². The molecule has 3 aromatic carbocycles. The number of sulfonamides is 1. The van der Waals surface area contributed by atoms with Gasteiger partial charge in [-0.1, -0.05) is 50.6 Å². The van der Waals surface area contributed by atoms with Crippen LogP contribution in [0.15, 0.2) is 77.7 Å². The van der Waals surface area contributed by atoms with Crippen LogP contribution in [-0.2, 0) is 26.0 Å². The number of unbranched alkanes of at least 4 members (excludes halogenated alkanes) is 1. The minimum absolute atomic E-state index is 0.0907. The summed E-state index contributed by atoms with van der Waals surface area (Å²) < 4.78 is 53.4. The van der Waals surface area contributed by atoms with Gasteiger partial charge in [0.2, 0.25) is 11.8 Å². The lowest BCUT2D eigenvalue weighted by atomic mass is 10.1. The SMILES string of the molecule is CCCCNC(=O)[C@H](CC)N(CCc1ccccc1)C(=O)CN(c1ccc(F)cc1)S(=O)(=O)c1ccc(OC)c(OC)c1. The van der Waals surface area contributed by atoms with Gasteiger partial charge in [-0.15, -0.1) is 0 Å². The molecule has 232 valence electrons. The van der Waals surface area contributed by atoms with E-state index in [4.69, 9.17) is 9.47 Å². The van der Waals surface area contributed by atoms with E-state index in [0.717, 1.165) is 34.8 Å². The van der Waals surface area contributed by atoms with E-state index >= 15 is 0 Å². The zero-order valence-electron chi connectivity index (χ0n) is 25.1. The average Bonchev–Trinajstić information content (AvgIpc) is 3.02. The average molecular weight is 614 g/mol. The first-order chi connectivity index (χ1) is 20.7. The maximum absolute atomic E-state index is 14.1. The van der Waals surface area contributed by atoms with Crippen LogP contribution in [0.2, 0.25) is 0 Å². The fraction of sp³-hybridized carbons (Fsp3) is 0.375.